The van der Waals surface area contributed by atoms with E-state index in [4.69, 9.17) is 17.3 Å². The standard InChI is InChI=1S/C14H12ClN5O2/c15-11-5-8(1-3-17-11)14(22)20-4-2-9-6-18-13(12(16)21)19-10(9)7-20/h1,3,5-6H,2,4,7H2,(H2,16,21). The largest absolute Gasteiger partial charge is 0.363 e. The summed E-state index contributed by atoms with van der Waals surface area (Å²) in [5.41, 5.74) is 7.21. The highest BCUT2D eigenvalue weighted by molar-refractivity contribution is 6.29. The maximum atomic E-state index is 12.5. The van der Waals surface area contributed by atoms with E-state index in [-0.39, 0.29) is 16.9 Å². The van der Waals surface area contributed by atoms with Gasteiger partial charge < -0.3 is 10.6 Å². The predicted molar refractivity (Wildman–Crippen MR) is 78.2 cm³/mol. The van der Waals surface area contributed by atoms with Crippen LogP contribution in [0.2, 0.25) is 5.15 Å². The number of pyridine rings is 1. The first kappa shape index (κ1) is 14.4. The molecule has 0 saturated heterocycles. The number of hydrogen-bond donors (Lipinski definition) is 1. The third-order valence-electron chi connectivity index (χ3n) is 3.43. The van der Waals surface area contributed by atoms with Gasteiger partial charge in [0, 0.05) is 24.5 Å². The number of aromatic nitrogens is 3. The topological polar surface area (TPSA) is 102 Å². The quantitative estimate of drug-likeness (QED) is 0.826. The number of fused-ring (bicyclic) bond motifs is 1. The zero-order valence-electron chi connectivity index (χ0n) is 11.5. The van der Waals surface area contributed by atoms with Gasteiger partial charge in [-0.3, -0.25) is 9.59 Å². The van der Waals surface area contributed by atoms with Crippen molar-refractivity contribution < 1.29 is 9.59 Å². The number of carbonyl (C=O) groups excluding carboxylic acids is 2. The van der Waals surface area contributed by atoms with E-state index in [0.29, 0.717) is 30.8 Å². The molecular formula is C14H12ClN5O2. The van der Waals surface area contributed by atoms with Crippen LogP contribution in [-0.2, 0) is 13.0 Å². The highest BCUT2D eigenvalue weighted by atomic mass is 35.5. The maximum Gasteiger partial charge on any atom is 0.286 e. The number of carbonyl (C=O) groups is 2. The predicted octanol–water partition coefficient (Wildman–Crippen LogP) is 0.822. The van der Waals surface area contributed by atoms with Crippen molar-refractivity contribution in [3.8, 4) is 0 Å². The van der Waals surface area contributed by atoms with E-state index in [0.717, 1.165) is 5.56 Å². The van der Waals surface area contributed by atoms with Gasteiger partial charge in [-0.2, -0.15) is 0 Å². The van der Waals surface area contributed by atoms with Crippen molar-refractivity contribution in [2.24, 2.45) is 5.73 Å². The van der Waals surface area contributed by atoms with Crippen LogP contribution in [0.25, 0.3) is 0 Å². The van der Waals surface area contributed by atoms with Crippen LogP contribution in [0.1, 0.15) is 32.2 Å². The molecule has 0 radical (unpaired) electrons. The number of nitrogens with two attached hydrogens (primary N) is 1. The number of primary amides is 1. The molecule has 22 heavy (non-hydrogen) atoms. The van der Waals surface area contributed by atoms with Crippen molar-refractivity contribution in [2.45, 2.75) is 13.0 Å². The van der Waals surface area contributed by atoms with E-state index in [2.05, 4.69) is 15.0 Å². The van der Waals surface area contributed by atoms with Gasteiger partial charge in [0.15, 0.2) is 0 Å². The van der Waals surface area contributed by atoms with E-state index in [1.54, 1.807) is 17.2 Å². The summed E-state index contributed by atoms with van der Waals surface area (Å²) < 4.78 is 0. The fourth-order valence-corrected chi connectivity index (χ4v) is 2.49. The summed E-state index contributed by atoms with van der Waals surface area (Å²) >= 11 is 5.81. The third kappa shape index (κ3) is 2.75. The summed E-state index contributed by atoms with van der Waals surface area (Å²) in [7, 11) is 0. The molecule has 2 amide bonds. The van der Waals surface area contributed by atoms with E-state index in [1.165, 1.54) is 12.3 Å². The number of rotatable bonds is 2. The number of halogens is 1. The molecule has 3 heterocycles. The Hall–Kier alpha value is -2.54. The Morgan fingerprint density at radius 1 is 1.32 bits per heavy atom. The Morgan fingerprint density at radius 3 is 2.86 bits per heavy atom. The molecule has 0 spiro atoms. The van der Waals surface area contributed by atoms with Crippen LogP contribution in [-0.4, -0.2) is 38.2 Å². The number of amides is 2. The molecule has 0 aromatic carbocycles. The van der Waals surface area contributed by atoms with Crippen molar-refractivity contribution in [2.75, 3.05) is 6.54 Å². The number of hydrogen-bond acceptors (Lipinski definition) is 5. The van der Waals surface area contributed by atoms with E-state index >= 15 is 0 Å². The zero-order valence-corrected chi connectivity index (χ0v) is 12.2. The summed E-state index contributed by atoms with van der Waals surface area (Å²) in [5.74, 6) is -0.888. The summed E-state index contributed by atoms with van der Waals surface area (Å²) in [5, 5.41) is 0.265. The SMILES string of the molecule is NC(=O)c1ncc2c(n1)CN(C(=O)c1ccnc(Cl)c1)CC2. The molecule has 3 rings (SSSR count). The van der Waals surface area contributed by atoms with Gasteiger partial charge in [-0.1, -0.05) is 11.6 Å². The average molecular weight is 318 g/mol. The third-order valence-corrected chi connectivity index (χ3v) is 3.63. The van der Waals surface area contributed by atoms with Gasteiger partial charge in [0.2, 0.25) is 5.82 Å². The van der Waals surface area contributed by atoms with Crippen LogP contribution in [0.4, 0.5) is 0 Å². The fourth-order valence-electron chi connectivity index (χ4n) is 2.31. The molecule has 2 aromatic rings. The minimum atomic E-state index is -0.688. The first-order valence-electron chi connectivity index (χ1n) is 6.60. The highest BCUT2D eigenvalue weighted by Gasteiger charge is 2.24. The van der Waals surface area contributed by atoms with Crippen molar-refractivity contribution in [1.82, 2.24) is 19.9 Å². The zero-order chi connectivity index (χ0) is 15.7. The lowest BCUT2D eigenvalue weighted by Gasteiger charge is -2.28. The Balaban J connectivity index is 1.85. The van der Waals surface area contributed by atoms with Crippen LogP contribution in [0.15, 0.2) is 24.5 Å². The fraction of sp³-hybridized carbons (Fsp3) is 0.214. The molecule has 2 N–H and O–H groups in total. The van der Waals surface area contributed by atoms with E-state index in [9.17, 15) is 9.59 Å². The molecule has 8 heteroatoms. The van der Waals surface area contributed by atoms with Gasteiger partial charge >= 0.3 is 0 Å². The van der Waals surface area contributed by atoms with Crippen LogP contribution in [0.5, 0.6) is 0 Å². The molecule has 112 valence electrons. The molecule has 0 aliphatic carbocycles. The summed E-state index contributed by atoms with van der Waals surface area (Å²) in [6.07, 6.45) is 3.70. The molecule has 7 nitrogen and oxygen atoms in total. The molecule has 2 aromatic heterocycles. The highest BCUT2D eigenvalue weighted by Crippen LogP contribution is 2.19. The van der Waals surface area contributed by atoms with E-state index in [1.807, 2.05) is 0 Å². The lowest BCUT2D eigenvalue weighted by molar-refractivity contribution is 0.0731. The second kappa shape index (κ2) is 5.69. The second-order valence-corrected chi connectivity index (χ2v) is 5.26. The van der Waals surface area contributed by atoms with Crippen molar-refractivity contribution >= 4 is 23.4 Å². The molecular weight excluding hydrogens is 306 g/mol. The van der Waals surface area contributed by atoms with Crippen molar-refractivity contribution in [3.05, 3.63) is 52.3 Å². The van der Waals surface area contributed by atoms with Gasteiger partial charge in [0.25, 0.3) is 11.8 Å². The van der Waals surface area contributed by atoms with Crippen LogP contribution >= 0.6 is 11.6 Å². The normalized spacial score (nSPS) is 13.6. The van der Waals surface area contributed by atoms with Gasteiger partial charge in [-0.15, -0.1) is 0 Å². The lowest BCUT2D eigenvalue weighted by atomic mass is 10.1. The van der Waals surface area contributed by atoms with Crippen LogP contribution in [0, 0.1) is 0 Å². The van der Waals surface area contributed by atoms with E-state index < -0.39 is 5.91 Å². The molecule has 0 fully saturated rings. The summed E-state index contributed by atoms with van der Waals surface area (Å²) in [4.78, 5) is 37.2. The van der Waals surface area contributed by atoms with Gasteiger partial charge in [-0.25, -0.2) is 15.0 Å². The van der Waals surface area contributed by atoms with Gasteiger partial charge in [0.05, 0.1) is 12.2 Å². The molecule has 1 aliphatic heterocycles. The lowest BCUT2D eigenvalue weighted by Crippen LogP contribution is -2.37. The smallest absolute Gasteiger partial charge is 0.286 e. The van der Waals surface area contributed by atoms with Crippen LogP contribution < -0.4 is 5.73 Å². The Kier molecular flexibility index (Phi) is 3.72. The molecule has 0 atom stereocenters. The first-order valence-corrected chi connectivity index (χ1v) is 6.98. The minimum Gasteiger partial charge on any atom is -0.363 e. The number of nitrogens with zero attached hydrogens (tertiary/aromatic N) is 4. The second-order valence-electron chi connectivity index (χ2n) is 4.87. The Morgan fingerprint density at radius 2 is 2.14 bits per heavy atom. The Labute approximate surface area is 131 Å². The van der Waals surface area contributed by atoms with Gasteiger partial charge in [-0.05, 0) is 24.1 Å². The first-order chi connectivity index (χ1) is 10.5. The van der Waals surface area contributed by atoms with Gasteiger partial charge in [0.1, 0.15) is 5.15 Å². The minimum absolute atomic E-state index is 0.0417. The average Bonchev–Trinajstić information content (AvgIpc) is 2.53. The molecule has 1 aliphatic rings. The Bertz CT molecular complexity index is 765. The van der Waals surface area contributed by atoms with Crippen molar-refractivity contribution in [1.29, 1.82) is 0 Å². The maximum absolute atomic E-state index is 12.5. The summed E-state index contributed by atoms with van der Waals surface area (Å²) in [6, 6.07) is 3.13. The molecule has 0 unspecified atom stereocenters. The monoisotopic (exact) mass is 317 g/mol. The molecule has 0 saturated carbocycles. The summed E-state index contributed by atoms with van der Waals surface area (Å²) in [6.45, 7) is 0.849. The molecule has 0 bridgehead atoms. The van der Waals surface area contributed by atoms with Crippen LogP contribution in [0.3, 0.4) is 0 Å². The van der Waals surface area contributed by atoms with Crippen molar-refractivity contribution in [3.63, 3.8) is 0 Å².